The van der Waals surface area contributed by atoms with Crippen molar-refractivity contribution in [3.8, 4) is 0 Å². The highest BCUT2D eigenvalue weighted by Gasteiger charge is 2.13. The number of anilines is 1. The molecule has 0 aliphatic heterocycles. The Morgan fingerprint density at radius 1 is 1.04 bits per heavy atom. The van der Waals surface area contributed by atoms with Gasteiger partial charge in [0.2, 0.25) is 0 Å². The van der Waals surface area contributed by atoms with Crippen molar-refractivity contribution in [2.75, 3.05) is 5.73 Å². The third-order valence-corrected chi connectivity index (χ3v) is 4.86. The molecule has 4 aromatic rings. The summed E-state index contributed by atoms with van der Waals surface area (Å²) in [4.78, 5) is 9.03. The van der Waals surface area contributed by atoms with Crippen molar-refractivity contribution < 1.29 is 0 Å². The largest absolute Gasteiger partial charge is 0.382 e. The summed E-state index contributed by atoms with van der Waals surface area (Å²) >= 11 is 6.67. The summed E-state index contributed by atoms with van der Waals surface area (Å²) in [6.07, 6.45) is 2.56. The van der Waals surface area contributed by atoms with Gasteiger partial charge in [0.25, 0.3) is 0 Å². The van der Waals surface area contributed by atoms with E-state index in [1.807, 2.05) is 31.2 Å². The van der Waals surface area contributed by atoms with Crippen LogP contribution in [0.3, 0.4) is 0 Å². The van der Waals surface area contributed by atoms with Crippen LogP contribution in [0.25, 0.3) is 21.8 Å². The predicted octanol–water partition coefficient (Wildman–Crippen LogP) is 5.20. The van der Waals surface area contributed by atoms with Gasteiger partial charge >= 0.3 is 0 Å². The Morgan fingerprint density at radius 3 is 2.64 bits per heavy atom. The van der Waals surface area contributed by atoms with Crippen LogP contribution in [0.1, 0.15) is 22.1 Å². The highest BCUT2D eigenvalue weighted by Crippen LogP contribution is 2.32. The van der Waals surface area contributed by atoms with E-state index in [1.165, 1.54) is 5.56 Å². The Bertz CT molecular complexity index is 1060. The summed E-state index contributed by atoms with van der Waals surface area (Å²) < 4.78 is 0. The predicted molar refractivity (Wildman–Crippen MR) is 105 cm³/mol. The van der Waals surface area contributed by atoms with Crippen LogP contribution in [0.4, 0.5) is 5.82 Å². The van der Waals surface area contributed by atoms with E-state index in [4.69, 9.17) is 17.3 Å². The number of fused-ring (bicyclic) bond motifs is 3. The number of nitrogens with two attached hydrogens (primary N) is 1. The van der Waals surface area contributed by atoms with E-state index in [0.29, 0.717) is 5.82 Å². The van der Waals surface area contributed by atoms with E-state index < -0.39 is 0 Å². The van der Waals surface area contributed by atoms with E-state index in [9.17, 15) is 0 Å². The van der Waals surface area contributed by atoms with Gasteiger partial charge in [-0.05, 0) is 42.2 Å². The van der Waals surface area contributed by atoms with Gasteiger partial charge in [0, 0.05) is 17.0 Å². The van der Waals surface area contributed by atoms with Gasteiger partial charge in [-0.2, -0.15) is 0 Å². The van der Waals surface area contributed by atoms with Gasteiger partial charge in [-0.15, -0.1) is 11.6 Å². The van der Waals surface area contributed by atoms with Crippen molar-refractivity contribution in [1.29, 1.82) is 0 Å². The number of benzene rings is 2. The van der Waals surface area contributed by atoms with Crippen molar-refractivity contribution in [3.05, 3.63) is 77.5 Å². The van der Waals surface area contributed by atoms with Crippen molar-refractivity contribution in [1.82, 2.24) is 9.97 Å². The molecule has 1 unspecified atom stereocenters. The SMILES string of the molecule is Cc1ccc2c(c1)nc(N)c1ncc(C(Cl)Cc3ccccc3)cc12. The number of aryl methyl sites for hydroxylation is 1. The van der Waals surface area contributed by atoms with Crippen LogP contribution < -0.4 is 5.73 Å². The average Bonchev–Trinajstić information content (AvgIpc) is 2.62. The van der Waals surface area contributed by atoms with Crippen LogP contribution in [0.5, 0.6) is 0 Å². The number of hydrogen-bond acceptors (Lipinski definition) is 3. The van der Waals surface area contributed by atoms with E-state index in [2.05, 4.69) is 40.3 Å². The Hall–Kier alpha value is -2.65. The summed E-state index contributed by atoms with van der Waals surface area (Å²) in [5.74, 6) is 0.453. The topological polar surface area (TPSA) is 51.8 Å². The smallest absolute Gasteiger partial charge is 0.150 e. The van der Waals surface area contributed by atoms with Gasteiger partial charge in [-0.3, -0.25) is 4.98 Å². The number of nitrogen functional groups attached to an aromatic ring is 1. The minimum atomic E-state index is -0.144. The standard InChI is InChI=1S/C21H18ClN3/c1-13-7-8-16-17-11-15(18(22)10-14-5-3-2-4-6-14)12-24-20(17)21(23)25-19(16)9-13/h2-9,11-12,18H,10H2,1H3,(H2,23,25). The molecule has 2 N–H and O–H groups in total. The molecule has 0 bridgehead atoms. The average molecular weight is 348 g/mol. The molecule has 2 aromatic heterocycles. The lowest BCUT2D eigenvalue weighted by atomic mass is 10.0. The summed E-state index contributed by atoms with van der Waals surface area (Å²) in [6.45, 7) is 2.05. The molecule has 3 nitrogen and oxygen atoms in total. The minimum absolute atomic E-state index is 0.144. The van der Waals surface area contributed by atoms with E-state index in [-0.39, 0.29) is 5.38 Å². The fourth-order valence-corrected chi connectivity index (χ4v) is 3.44. The monoisotopic (exact) mass is 347 g/mol. The zero-order valence-corrected chi connectivity index (χ0v) is 14.7. The second kappa shape index (κ2) is 6.34. The second-order valence-electron chi connectivity index (χ2n) is 6.34. The Labute approximate surface area is 151 Å². The van der Waals surface area contributed by atoms with Crippen LogP contribution in [0.15, 0.2) is 60.8 Å². The molecule has 0 aliphatic rings. The number of aromatic nitrogens is 2. The molecular weight excluding hydrogens is 330 g/mol. The zero-order chi connectivity index (χ0) is 17.4. The van der Waals surface area contributed by atoms with Crippen LogP contribution >= 0.6 is 11.6 Å². The first-order valence-corrected chi connectivity index (χ1v) is 8.69. The van der Waals surface area contributed by atoms with Crippen molar-refractivity contribution in [2.24, 2.45) is 0 Å². The normalized spacial score (nSPS) is 12.6. The first-order valence-electron chi connectivity index (χ1n) is 8.25. The first-order chi connectivity index (χ1) is 12.1. The molecule has 2 heterocycles. The van der Waals surface area contributed by atoms with Gasteiger partial charge in [-0.25, -0.2) is 4.98 Å². The summed E-state index contributed by atoms with van der Waals surface area (Å²) in [6, 6.07) is 18.5. The van der Waals surface area contributed by atoms with E-state index in [1.54, 1.807) is 6.20 Å². The molecule has 0 radical (unpaired) electrons. The molecule has 0 spiro atoms. The fourth-order valence-electron chi connectivity index (χ4n) is 3.15. The molecule has 1 atom stereocenters. The van der Waals surface area contributed by atoms with Crippen LogP contribution in [-0.2, 0) is 6.42 Å². The molecule has 124 valence electrons. The van der Waals surface area contributed by atoms with E-state index >= 15 is 0 Å². The zero-order valence-electron chi connectivity index (χ0n) is 13.9. The molecule has 4 heteroatoms. The molecule has 4 rings (SSSR count). The van der Waals surface area contributed by atoms with Gasteiger partial charge < -0.3 is 5.73 Å². The summed E-state index contributed by atoms with van der Waals surface area (Å²) in [5.41, 5.74) is 11.1. The molecule has 2 aromatic carbocycles. The number of hydrogen-bond donors (Lipinski definition) is 1. The lowest BCUT2D eigenvalue weighted by Crippen LogP contribution is -2.00. The number of pyridine rings is 2. The van der Waals surface area contributed by atoms with Gasteiger partial charge in [0.1, 0.15) is 5.52 Å². The third kappa shape index (κ3) is 3.03. The summed E-state index contributed by atoms with van der Waals surface area (Å²) in [5, 5.41) is 1.90. The highest BCUT2D eigenvalue weighted by molar-refractivity contribution is 6.21. The molecule has 0 amide bonds. The maximum atomic E-state index is 6.67. The number of nitrogens with zero attached hydrogens (tertiary/aromatic N) is 2. The molecule has 0 saturated carbocycles. The molecule has 0 fully saturated rings. The number of alkyl halides is 1. The lowest BCUT2D eigenvalue weighted by Gasteiger charge is -2.12. The second-order valence-corrected chi connectivity index (χ2v) is 6.87. The minimum Gasteiger partial charge on any atom is -0.382 e. The van der Waals surface area contributed by atoms with Crippen LogP contribution in [0.2, 0.25) is 0 Å². The van der Waals surface area contributed by atoms with Crippen molar-refractivity contribution in [3.63, 3.8) is 0 Å². The van der Waals surface area contributed by atoms with Crippen molar-refractivity contribution >= 4 is 39.2 Å². The Morgan fingerprint density at radius 2 is 1.84 bits per heavy atom. The van der Waals surface area contributed by atoms with Crippen molar-refractivity contribution in [2.45, 2.75) is 18.7 Å². The maximum absolute atomic E-state index is 6.67. The van der Waals surface area contributed by atoms with Crippen LogP contribution in [0, 0.1) is 6.92 Å². The maximum Gasteiger partial charge on any atom is 0.150 e. The third-order valence-electron chi connectivity index (χ3n) is 4.46. The highest BCUT2D eigenvalue weighted by atomic mass is 35.5. The fraction of sp³-hybridized carbons (Fsp3) is 0.143. The summed E-state index contributed by atoms with van der Waals surface area (Å²) in [7, 11) is 0. The number of halogens is 1. The molecule has 0 aliphatic carbocycles. The Balaban J connectivity index is 1.82. The van der Waals surface area contributed by atoms with Gasteiger partial charge in [0.15, 0.2) is 5.82 Å². The molecule has 25 heavy (non-hydrogen) atoms. The Kier molecular flexibility index (Phi) is 4.02. The van der Waals surface area contributed by atoms with Gasteiger partial charge in [-0.1, -0.05) is 42.5 Å². The number of rotatable bonds is 3. The first kappa shape index (κ1) is 15.9. The lowest BCUT2D eigenvalue weighted by molar-refractivity contribution is 0.915. The molecular formula is C21H18ClN3. The van der Waals surface area contributed by atoms with E-state index in [0.717, 1.165) is 39.4 Å². The molecule has 0 saturated heterocycles. The van der Waals surface area contributed by atoms with Crippen LogP contribution in [-0.4, -0.2) is 9.97 Å². The van der Waals surface area contributed by atoms with Gasteiger partial charge in [0.05, 0.1) is 10.9 Å². The quantitative estimate of drug-likeness (QED) is 0.409.